The molecule has 6 rings (SSSR count). The third kappa shape index (κ3) is 3.77. The van der Waals surface area contributed by atoms with Gasteiger partial charge in [0.25, 0.3) is 0 Å². The fourth-order valence-corrected chi connectivity index (χ4v) is 5.45. The fraction of sp³-hybridized carbons (Fsp3) is 0.143. The molecular formula is C28H22Cl2V. The largest absolute Gasteiger partial charge is 2.00 e. The smallest absolute Gasteiger partial charge is 1.00 e. The van der Waals surface area contributed by atoms with Crippen LogP contribution in [0.15, 0.2) is 97.1 Å². The summed E-state index contributed by atoms with van der Waals surface area (Å²) < 4.78 is 0. The third-order valence-corrected chi connectivity index (χ3v) is 6.65. The molecule has 3 heteroatoms. The van der Waals surface area contributed by atoms with Gasteiger partial charge in [0, 0.05) is 11.8 Å². The molecule has 0 saturated heterocycles. The molecule has 1 radical (unpaired) electrons. The number of allylic oxidation sites excluding steroid dienone is 4. The van der Waals surface area contributed by atoms with Gasteiger partial charge in [-0.05, 0) is 51.1 Å². The van der Waals surface area contributed by atoms with Crippen LogP contribution < -0.4 is 35.3 Å². The van der Waals surface area contributed by atoms with Gasteiger partial charge in [-0.3, -0.25) is 0 Å². The Kier molecular flexibility index (Phi) is 7.40. The maximum atomic E-state index is 2.38. The molecule has 0 spiro atoms. The van der Waals surface area contributed by atoms with Gasteiger partial charge in [-0.1, -0.05) is 103 Å². The third-order valence-electron chi connectivity index (χ3n) is 6.65. The van der Waals surface area contributed by atoms with Crippen LogP contribution in [-0.2, 0) is 18.6 Å². The molecule has 3 aromatic rings. The van der Waals surface area contributed by atoms with Crippen LogP contribution in [0.5, 0.6) is 0 Å². The van der Waals surface area contributed by atoms with Crippen LogP contribution in [0.1, 0.15) is 29.9 Å². The van der Waals surface area contributed by atoms with Crippen LogP contribution >= 0.6 is 0 Å². The van der Waals surface area contributed by atoms with Crippen molar-refractivity contribution >= 4 is 11.1 Å². The first kappa shape index (κ1) is 23.7. The van der Waals surface area contributed by atoms with Crippen LogP contribution in [0, 0.1) is 5.92 Å². The summed E-state index contributed by atoms with van der Waals surface area (Å²) in [6.07, 6.45) is 11.4. The first-order chi connectivity index (χ1) is 13.9. The average molecular weight is 480 g/mol. The summed E-state index contributed by atoms with van der Waals surface area (Å²) >= 11 is 0. The van der Waals surface area contributed by atoms with Gasteiger partial charge in [-0.15, -0.1) is 0 Å². The molecule has 0 bridgehead atoms. The van der Waals surface area contributed by atoms with Crippen molar-refractivity contribution in [2.45, 2.75) is 18.8 Å². The van der Waals surface area contributed by atoms with Gasteiger partial charge in [0.1, 0.15) is 0 Å². The van der Waals surface area contributed by atoms with Gasteiger partial charge < -0.3 is 24.8 Å². The summed E-state index contributed by atoms with van der Waals surface area (Å²) in [5.74, 6) is 0.952. The van der Waals surface area contributed by atoms with Crippen LogP contribution in [0.3, 0.4) is 0 Å². The van der Waals surface area contributed by atoms with Crippen molar-refractivity contribution in [3.05, 3.63) is 119 Å². The van der Waals surface area contributed by atoms with Crippen LogP contribution in [0.4, 0.5) is 0 Å². The second kappa shape index (κ2) is 9.67. The maximum absolute atomic E-state index is 2.38. The molecular weight excluding hydrogens is 458 g/mol. The first-order valence-electron chi connectivity index (χ1n) is 10.3. The van der Waals surface area contributed by atoms with Gasteiger partial charge in [0.05, 0.1) is 0 Å². The normalized spacial score (nSPS) is 17.0. The molecule has 0 fully saturated rings. The number of hydrogen-bond acceptors (Lipinski definition) is 0. The number of halogens is 2. The second-order valence-electron chi connectivity index (χ2n) is 8.01. The summed E-state index contributed by atoms with van der Waals surface area (Å²) in [6, 6.07) is 26.9. The number of benzene rings is 3. The molecule has 0 aromatic heterocycles. The van der Waals surface area contributed by atoms with E-state index in [2.05, 4.69) is 97.1 Å². The predicted molar refractivity (Wildman–Crippen MR) is 117 cm³/mol. The Morgan fingerprint density at radius 1 is 0.645 bits per heavy atom. The SMILES string of the molecule is C1=CC2=c3ccccc3=C(CCC3c4ccccc4-c4ccccc43)C2C=C1.[Cl-].[Cl-].[V+2]. The number of fused-ring (bicyclic) bond motifs is 5. The molecule has 0 saturated carbocycles. The molecule has 0 heterocycles. The van der Waals surface area contributed by atoms with Gasteiger partial charge in [0.2, 0.25) is 0 Å². The Morgan fingerprint density at radius 3 is 1.90 bits per heavy atom. The summed E-state index contributed by atoms with van der Waals surface area (Å²) in [5.41, 5.74) is 8.91. The topological polar surface area (TPSA) is 0 Å². The van der Waals surface area contributed by atoms with E-state index in [1.165, 1.54) is 44.7 Å². The van der Waals surface area contributed by atoms with Crippen molar-refractivity contribution in [2.24, 2.45) is 5.92 Å². The molecule has 1 atom stereocenters. The Balaban J connectivity index is 0.000000907. The van der Waals surface area contributed by atoms with E-state index in [0.29, 0.717) is 11.8 Å². The maximum Gasteiger partial charge on any atom is 2.00 e. The van der Waals surface area contributed by atoms with E-state index in [1.807, 2.05) is 0 Å². The second-order valence-corrected chi connectivity index (χ2v) is 8.01. The van der Waals surface area contributed by atoms with Gasteiger partial charge >= 0.3 is 18.6 Å². The van der Waals surface area contributed by atoms with Crippen molar-refractivity contribution in [1.82, 2.24) is 0 Å². The zero-order valence-corrected chi connectivity index (χ0v) is 19.9. The zero-order valence-electron chi connectivity index (χ0n) is 17.0. The molecule has 3 aliphatic carbocycles. The summed E-state index contributed by atoms with van der Waals surface area (Å²) in [5, 5.41) is 2.88. The minimum Gasteiger partial charge on any atom is -1.00 e. The fourth-order valence-electron chi connectivity index (χ4n) is 5.45. The van der Waals surface area contributed by atoms with Crippen molar-refractivity contribution < 1.29 is 43.4 Å². The first-order valence-corrected chi connectivity index (χ1v) is 10.3. The van der Waals surface area contributed by atoms with Crippen LogP contribution in [-0.4, -0.2) is 0 Å². The average Bonchev–Trinajstić information content (AvgIpc) is 3.26. The van der Waals surface area contributed by atoms with E-state index in [0.717, 1.165) is 6.42 Å². The van der Waals surface area contributed by atoms with E-state index >= 15 is 0 Å². The molecule has 3 aliphatic rings. The van der Waals surface area contributed by atoms with E-state index < -0.39 is 0 Å². The van der Waals surface area contributed by atoms with Crippen molar-refractivity contribution in [3.8, 4) is 11.1 Å². The molecule has 3 aromatic carbocycles. The Labute approximate surface area is 208 Å². The summed E-state index contributed by atoms with van der Waals surface area (Å²) in [7, 11) is 0. The molecule has 31 heavy (non-hydrogen) atoms. The number of rotatable bonds is 3. The molecule has 0 nitrogen and oxygen atoms in total. The van der Waals surface area contributed by atoms with Gasteiger partial charge in [0.15, 0.2) is 0 Å². The Morgan fingerprint density at radius 2 is 1.23 bits per heavy atom. The minimum atomic E-state index is 0. The van der Waals surface area contributed by atoms with E-state index in [-0.39, 0.29) is 43.4 Å². The molecule has 0 N–H and O–H groups in total. The van der Waals surface area contributed by atoms with E-state index in [1.54, 1.807) is 5.57 Å². The van der Waals surface area contributed by atoms with Crippen molar-refractivity contribution in [3.63, 3.8) is 0 Å². The predicted octanol–water partition coefficient (Wildman–Crippen LogP) is -0.658. The minimum absolute atomic E-state index is 0. The van der Waals surface area contributed by atoms with Gasteiger partial charge in [-0.2, -0.15) is 0 Å². The molecule has 0 amide bonds. The molecule has 153 valence electrons. The van der Waals surface area contributed by atoms with Crippen molar-refractivity contribution in [1.29, 1.82) is 0 Å². The zero-order chi connectivity index (χ0) is 18.5. The van der Waals surface area contributed by atoms with Crippen LogP contribution in [0.2, 0.25) is 0 Å². The van der Waals surface area contributed by atoms with E-state index in [4.69, 9.17) is 0 Å². The quantitative estimate of drug-likeness (QED) is 0.468. The van der Waals surface area contributed by atoms with Crippen LogP contribution in [0.25, 0.3) is 22.3 Å². The van der Waals surface area contributed by atoms with E-state index in [9.17, 15) is 0 Å². The van der Waals surface area contributed by atoms with Gasteiger partial charge in [-0.25, -0.2) is 0 Å². The molecule has 0 aliphatic heterocycles. The Bertz CT molecular complexity index is 1240. The number of hydrogen-bond donors (Lipinski definition) is 0. The standard InChI is InChI=1S/C28H22.2ClH.V/c1-5-13-23-19(9-1)20-10-2-6-14-24(20)27(23)17-18-28-25-15-7-3-11-21(25)22-12-4-8-16-26(22)28;;;/h1-16,23,28H,17-18H2;2*1H;/q;;;+2/p-2. The Hall–Kier alpha value is -1.96. The van der Waals surface area contributed by atoms with Crippen molar-refractivity contribution in [2.75, 3.05) is 0 Å². The summed E-state index contributed by atoms with van der Waals surface area (Å²) in [6.45, 7) is 0. The monoisotopic (exact) mass is 479 g/mol. The molecule has 1 unspecified atom stereocenters. The summed E-state index contributed by atoms with van der Waals surface area (Å²) in [4.78, 5) is 0.